The molecule has 0 aliphatic heterocycles. The number of halogens is 1. The lowest BCUT2D eigenvalue weighted by Gasteiger charge is -2.12. The molecule has 1 aromatic carbocycles. The Balaban J connectivity index is 3.33. The summed E-state index contributed by atoms with van der Waals surface area (Å²) in [4.78, 5) is 11.8. The van der Waals surface area contributed by atoms with Gasteiger partial charge in [0.15, 0.2) is 5.78 Å². The molecule has 0 saturated heterocycles. The molecule has 14 heavy (non-hydrogen) atoms. The fourth-order valence-electron chi connectivity index (χ4n) is 1.43. The van der Waals surface area contributed by atoms with Crippen LogP contribution in [0.3, 0.4) is 0 Å². The minimum atomic E-state index is -0.443. The zero-order valence-electron chi connectivity index (χ0n) is 8.60. The highest BCUT2D eigenvalue weighted by molar-refractivity contribution is 9.10. The summed E-state index contributed by atoms with van der Waals surface area (Å²) < 4.78 is 0.951. The quantitative estimate of drug-likeness (QED) is 0.826. The zero-order chi connectivity index (χ0) is 10.9. The molecule has 0 aliphatic rings. The summed E-state index contributed by atoms with van der Waals surface area (Å²) in [5.74, 6) is 0.00120. The first-order valence-electron chi connectivity index (χ1n) is 4.50. The van der Waals surface area contributed by atoms with Crippen molar-refractivity contribution in [3.05, 3.63) is 33.3 Å². The molecule has 2 nitrogen and oxygen atoms in total. The number of benzene rings is 1. The molecule has 0 heterocycles. The third kappa shape index (κ3) is 2.04. The number of nitrogens with two attached hydrogens (primary N) is 1. The third-order valence-electron chi connectivity index (χ3n) is 2.27. The number of ketones is 1. The Labute approximate surface area is 92.6 Å². The predicted molar refractivity (Wildman–Crippen MR) is 61.6 cm³/mol. The normalized spacial score (nSPS) is 12.6. The molecule has 3 heteroatoms. The number of hydrogen-bond donors (Lipinski definition) is 1. The Morgan fingerprint density at radius 3 is 2.50 bits per heavy atom. The van der Waals surface area contributed by atoms with Gasteiger partial charge in [0.25, 0.3) is 0 Å². The topological polar surface area (TPSA) is 43.1 Å². The highest BCUT2D eigenvalue weighted by Crippen LogP contribution is 2.23. The van der Waals surface area contributed by atoms with Crippen molar-refractivity contribution < 1.29 is 4.79 Å². The van der Waals surface area contributed by atoms with Gasteiger partial charge in [0.2, 0.25) is 0 Å². The van der Waals surface area contributed by atoms with Gasteiger partial charge in [-0.15, -0.1) is 0 Å². The molecule has 1 rings (SSSR count). The van der Waals surface area contributed by atoms with E-state index < -0.39 is 6.04 Å². The molecule has 0 fully saturated rings. The molecular formula is C11H14BrNO. The highest BCUT2D eigenvalue weighted by atomic mass is 79.9. The summed E-state index contributed by atoms with van der Waals surface area (Å²) in [7, 11) is 0. The first-order valence-corrected chi connectivity index (χ1v) is 5.30. The second kappa shape index (κ2) is 4.24. The van der Waals surface area contributed by atoms with Gasteiger partial charge in [0.1, 0.15) is 0 Å². The molecule has 0 radical (unpaired) electrons. The maximum absolute atomic E-state index is 11.8. The van der Waals surface area contributed by atoms with E-state index in [0.29, 0.717) is 0 Å². The summed E-state index contributed by atoms with van der Waals surface area (Å²) >= 11 is 3.40. The summed E-state index contributed by atoms with van der Waals surface area (Å²) in [6.45, 7) is 5.56. The second-order valence-electron chi connectivity index (χ2n) is 3.52. The summed E-state index contributed by atoms with van der Waals surface area (Å²) in [5.41, 5.74) is 8.28. The van der Waals surface area contributed by atoms with Gasteiger partial charge in [-0.3, -0.25) is 4.79 Å². The van der Waals surface area contributed by atoms with Crippen LogP contribution in [-0.4, -0.2) is 11.8 Å². The standard InChI is InChI=1S/C11H14BrNO/c1-6-4-5-9(12)7(2)10(6)11(14)8(3)13/h4-5,8H,13H2,1-3H3. The summed E-state index contributed by atoms with van der Waals surface area (Å²) in [5, 5.41) is 0. The number of rotatable bonds is 2. The molecule has 1 atom stereocenters. The van der Waals surface area contributed by atoms with Gasteiger partial charge in [0, 0.05) is 10.0 Å². The van der Waals surface area contributed by atoms with E-state index in [2.05, 4.69) is 15.9 Å². The van der Waals surface area contributed by atoms with Crippen LogP contribution in [-0.2, 0) is 0 Å². The molecule has 0 amide bonds. The third-order valence-corrected chi connectivity index (χ3v) is 3.13. The van der Waals surface area contributed by atoms with Crippen LogP contribution in [0.2, 0.25) is 0 Å². The zero-order valence-corrected chi connectivity index (χ0v) is 10.2. The van der Waals surface area contributed by atoms with Gasteiger partial charge < -0.3 is 5.73 Å². The molecule has 76 valence electrons. The number of carbonyl (C=O) groups is 1. The Bertz CT molecular complexity index is 372. The van der Waals surface area contributed by atoms with Crippen LogP contribution in [0.25, 0.3) is 0 Å². The van der Waals surface area contributed by atoms with E-state index in [4.69, 9.17) is 5.73 Å². The fourth-order valence-corrected chi connectivity index (χ4v) is 1.76. The average molecular weight is 256 g/mol. The van der Waals surface area contributed by atoms with E-state index in [-0.39, 0.29) is 5.78 Å². The largest absolute Gasteiger partial charge is 0.321 e. The van der Waals surface area contributed by atoms with E-state index in [1.54, 1.807) is 6.92 Å². The maximum Gasteiger partial charge on any atom is 0.179 e. The monoisotopic (exact) mass is 255 g/mol. The predicted octanol–water partition coefficient (Wildman–Crippen LogP) is 2.60. The van der Waals surface area contributed by atoms with Crippen LogP contribution in [0.5, 0.6) is 0 Å². The van der Waals surface area contributed by atoms with Crippen LogP contribution in [0.1, 0.15) is 28.4 Å². The van der Waals surface area contributed by atoms with Gasteiger partial charge in [-0.05, 0) is 38.0 Å². The minimum absolute atomic E-state index is 0.00120. The van der Waals surface area contributed by atoms with Crippen molar-refractivity contribution in [2.75, 3.05) is 0 Å². The second-order valence-corrected chi connectivity index (χ2v) is 4.37. The molecule has 0 aliphatic carbocycles. The molecule has 1 aromatic rings. The Morgan fingerprint density at radius 2 is 2.00 bits per heavy atom. The smallest absolute Gasteiger partial charge is 0.179 e. The van der Waals surface area contributed by atoms with E-state index >= 15 is 0 Å². The Hall–Kier alpha value is -0.670. The van der Waals surface area contributed by atoms with Crippen LogP contribution in [0, 0.1) is 13.8 Å². The lowest BCUT2D eigenvalue weighted by molar-refractivity contribution is 0.0966. The molecule has 0 saturated carbocycles. The highest BCUT2D eigenvalue weighted by Gasteiger charge is 2.16. The Kier molecular flexibility index (Phi) is 3.45. The van der Waals surface area contributed by atoms with Gasteiger partial charge in [-0.1, -0.05) is 22.0 Å². The van der Waals surface area contributed by atoms with Gasteiger partial charge in [-0.2, -0.15) is 0 Å². The van der Waals surface area contributed by atoms with Gasteiger partial charge >= 0.3 is 0 Å². The van der Waals surface area contributed by atoms with Gasteiger partial charge in [0.05, 0.1) is 6.04 Å². The van der Waals surface area contributed by atoms with E-state index in [9.17, 15) is 4.79 Å². The number of carbonyl (C=O) groups excluding carboxylic acids is 1. The summed E-state index contributed by atoms with van der Waals surface area (Å²) in [6.07, 6.45) is 0. The van der Waals surface area contributed by atoms with Crippen LogP contribution >= 0.6 is 15.9 Å². The van der Waals surface area contributed by atoms with E-state index in [1.807, 2.05) is 26.0 Å². The van der Waals surface area contributed by atoms with Crippen molar-refractivity contribution >= 4 is 21.7 Å². The van der Waals surface area contributed by atoms with Crippen molar-refractivity contribution in [1.82, 2.24) is 0 Å². The molecule has 1 unspecified atom stereocenters. The van der Waals surface area contributed by atoms with Crippen molar-refractivity contribution in [3.8, 4) is 0 Å². The first-order chi connectivity index (χ1) is 6.45. The van der Waals surface area contributed by atoms with Gasteiger partial charge in [-0.25, -0.2) is 0 Å². The molecule has 0 aromatic heterocycles. The van der Waals surface area contributed by atoms with Crippen molar-refractivity contribution in [2.45, 2.75) is 26.8 Å². The number of aryl methyl sites for hydroxylation is 1. The molecule has 0 bridgehead atoms. The van der Waals surface area contributed by atoms with Crippen molar-refractivity contribution in [2.24, 2.45) is 5.73 Å². The van der Waals surface area contributed by atoms with Crippen molar-refractivity contribution in [3.63, 3.8) is 0 Å². The minimum Gasteiger partial charge on any atom is -0.321 e. The Morgan fingerprint density at radius 1 is 1.43 bits per heavy atom. The molecule has 2 N–H and O–H groups in total. The summed E-state index contributed by atoms with van der Waals surface area (Å²) in [6, 6.07) is 3.43. The molecule has 0 spiro atoms. The fraction of sp³-hybridized carbons (Fsp3) is 0.364. The van der Waals surface area contributed by atoms with Crippen LogP contribution in [0.15, 0.2) is 16.6 Å². The van der Waals surface area contributed by atoms with Crippen LogP contribution in [0.4, 0.5) is 0 Å². The molecular weight excluding hydrogens is 242 g/mol. The first kappa shape index (κ1) is 11.4. The maximum atomic E-state index is 11.8. The SMILES string of the molecule is Cc1ccc(Br)c(C)c1C(=O)C(C)N. The van der Waals surface area contributed by atoms with Crippen LogP contribution < -0.4 is 5.73 Å². The number of Topliss-reactive ketones (excluding diaryl/α,β-unsaturated/α-hetero) is 1. The van der Waals surface area contributed by atoms with E-state index in [1.165, 1.54) is 0 Å². The lowest BCUT2D eigenvalue weighted by Crippen LogP contribution is -2.28. The van der Waals surface area contributed by atoms with E-state index in [0.717, 1.165) is 21.2 Å². The number of hydrogen-bond acceptors (Lipinski definition) is 2. The lowest BCUT2D eigenvalue weighted by atomic mass is 9.96. The van der Waals surface area contributed by atoms with Crippen molar-refractivity contribution in [1.29, 1.82) is 0 Å². The average Bonchev–Trinajstić information content (AvgIpc) is 2.12.